The fourth-order valence-electron chi connectivity index (χ4n) is 2.33. The number of hydrogen-bond donors (Lipinski definition) is 2. The predicted octanol–water partition coefficient (Wildman–Crippen LogP) is 1.99. The van der Waals surface area contributed by atoms with Gasteiger partial charge in [0, 0.05) is 0 Å². The third-order valence-electron chi connectivity index (χ3n) is 3.27. The standard InChI is InChI=1S/C14H19N3O2/c1-2-19-14(18)10-5-3-9(4-6-10)11-7-12(15)17-13(16)8-11/h3,7-8,10H,2,4-6H2,1H3,(H4,15,16,17). The second kappa shape index (κ2) is 5.73. The van der Waals surface area contributed by atoms with Crippen LogP contribution in [0.4, 0.5) is 11.6 Å². The first-order chi connectivity index (χ1) is 9.10. The largest absolute Gasteiger partial charge is 0.466 e. The lowest BCUT2D eigenvalue weighted by atomic mass is 9.87. The molecule has 5 nitrogen and oxygen atoms in total. The normalized spacial score (nSPS) is 18.8. The molecule has 0 radical (unpaired) electrons. The Hall–Kier alpha value is -2.04. The van der Waals surface area contributed by atoms with Crippen molar-refractivity contribution in [2.45, 2.75) is 26.2 Å². The third kappa shape index (κ3) is 3.24. The summed E-state index contributed by atoms with van der Waals surface area (Å²) in [6.07, 6.45) is 4.40. The van der Waals surface area contributed by atoms with E-state index in [-0.39, 0.29) is 11.9 Å². The Morgan fingerprint density at radius 1 is 1.42 bits per heavy atom. The van der Waals surface area contributed by atoms with Crippen molar-refractivity contribution < 1.29 is 9.53 Å². The molecule has 0 bridgehead atoms. The summed E-state index contributed by atoms with van der Waals surface area (Å²) in [5.41, 5.74) is 13.5. The lowest BCUT2D eigenvalue weighted by molar-refractivity contribution is -0.148. The number of nitrogens with two attached hydrogens (primary N) is 2. The average Bonchev–Trinajstić information content (AvgIpc) is 2.38. The Morgan fingerprint density at radius 3 is 2.63 bits per heavy atom. The van der Waals surface area contributed by atoms with Gasteiger partial charge in [0.1, 0.15) is 11.6 Å². The number of rotatable bonds is 3. The number of hydrogen-bond acceptors (Lipinski definition) is 5. The zero-order valence-corrected chi connectivity index (χ0v) is 11.1. The van der Waals surface area contributed by atoms with E-state index in [4.69, 9.17) is 16.2 Å². The summed E-state index contributed by atoms with van der Waals surface area (Å²) >= 11 is 0. The van der Waals surface area contributed by atoms with Gasteiger partial charge in [0.2, 0.25) is 0 Å². The number of nitrogen functional groups attached to an aromatic ring is 2. The van der Waals surface area contributed by atoms with Crippen molar-refractivity contribution in [2.75, 3.05) is 18.1 Å². The number of aromatic nitrogens is 1. The molecule has 1 aromatic rings. The van der Waals surface area contributed by atoms with Crippen LogP contribution in [0.25, 0.3) is 5.57 Å². The number of allylic oxidation sites excluding steroid dienone is 2. The molecule has 0 spiro atoms. The van der Waals surface area contributed by atoms with E-state index < -0.39 is 0 Å². The summed E-state index contributed by atoms with van der Waals surface area (Å²) in [6.45, 7) is 2.26. The molecule has 1 aromatic heterocycles. The van der Waals surface area contributed by atoms with Crippen LogP contribution in [0.3, 0.4) is 0 Å². The second-order valence-electron chi connectivity index (χ2n) is 4.66. The summed E-state index contributed by atoms with van der Waals surface area (Å²) in [4.78, 5) is 15.6. The molecule has 0 fully saturated rings. The first kappa shape index (κ1) is 13.4. The minimum atomic E-state index is -0.105. The van der Waals surface area contributed by atoms with Crippen LogP contribution in [0.2, 0.25) is 0 Å². The smallest absolute Gasteiger partial charge is 0.309 e. The number of ether oxygens (including phenoxy) is 1. The zero-order valence-electron chi connectivity index (χ0n) is 11.1. The quantitative estimate of drug-likeness (QED) is 0.812. The van der Waals surface area contributed by atoms with Crippen LogP contribution in [0, 0.1) is 5.92 Å². The van der Waals surface area contributed by atoms with Crippen molar-refractivity contribution in [3.8, 4) is 0 Å². The molecule has 0 saturated carbocycles. The van der Waals surface area contributed by atoms with E-state index >= 15 is 0 Å². The SMILES string of the molecule is CCOC(=O)C1CC=C(c2cc(N)nc(N)c2)CC1. The molecular formula is C14H19N3O2. The number of carbonyl (C=O) groups excluding carboxylic acids is 1. The fraction of sp³-hybridized carbons (Fsp3) is 0.429. The molecular weight excluding hydrogens is 242 g/mol. The highest BCUT2D eigenvalue weighted by Gasteiger charge is 2.23. The van der Waals surface area contributed by atoms with Gasteiger partial charge in [-0.25, -0.2) is 4.98 Å². The molecule has 0 aliphatic heterocycles. The van der Waals surface area contributed by atoms with Crippen LogP contribution in [0.1, 0.15) is 31.7 Å². The molecule has 1 aliphatic carbocycles. The maximum absolute atomic E-state index is 11.6. The topological polar surface area (TPSA) is 91.2 Å². The molecule has 1 heterocycles. The Bertz CT molecular complexity index is 491. The van der Waals surface area contributed by atoms with Gasteiger partial charge in [0.15, 0.2) is 0 Å². The summed E-state index contributed by atoms with van der Waals surface area (Å²) in [7, 11) is 0. The maximum atomic E-state index is 11.6. The van der Waals surface area contributed by atoms with Crippen molar-refractivity contribution in [1.82, 2.24) is 4.98 Å². The van der Waals surface area contributed by atoms with Gasteiger partial charge in [0.05, 0.1) is 12.5 Å². The van der Waals surface area contributed by atoms with Crippen LogP contribution in [-0.2, 0) is 9.53 Å². The number of anilines is 2. The van der Waals surface area contributed by atoms with E-state index in [1.807, 2.05) is 19.1 Å². The molecule has 1 aliphatic rings. The molecule has 1 unspecified atom stereocenters. The number of nitrogens with zero attached hydrogens (tertiary/aromatic N) is 1. The Balaban J connectivity index is 2.10. The maximum Gasteiger partial charge on any atom is 0.309 e. The summed E-state index contributed by atoms with van der Waals surface area (Å²) in [5, 5.41) is 0. The zero-order chi connectivity index (χ0) is 13.8. The number of carbonyl (C=O) groups is 1. The molecule has 1 atom stereocenters. The van der Waals surface area contributed by atoms with Gasteiger partial charge in [0.25, 0.3) is 0 Å². The third-order valence-corrected chi connectivity index (χ3v) is 3.27. The lowest BCUT2D eigenvalue weighted by Crippen LogP contribution is -2.19. The molecule has 0 amide bonds. The highest BCUT2D eigenvalue weighted by molar-refractivity contribution is 5.76. The monoisotopic (exact) mass is 261 g/mol. The van der Waals surface area contributed by atoms with Gasteiger partial charge in [-0.1, -0.05) is 6.08 Å². The first-order valence-electron chi connectivity index (χ1n) is 6.49. The van der Waals surface area contributed by atoms with Crippen molar-refractivity contribution in [3.05, 3.63) is 23.8 Å². The summed E-state index contributed by atoms with van der Waals surface area (Å²) in [6, 6.07) is 3.62. The van der Waals surface area contributed by atoms with Crippen LogP contribution >= 0.6 is 0 Å². The van der Waals surface area contributed by atoms with Crippen molar-refractivity contribution >= 4 is 23.2 Å². The molecule has 0 saturated heterocycles. The molecule has 4 N–H and O–H groups in total. The van der Waals surface area contributed by atoms with Gasteiger partial charge >= 0.3 is 5.97 Å². The summed E-state index contributed by atoms with van der Waals surface area (Å²) in [5.74, 6) is 0.707. The van der Waals surface area contributed by atoms with Crippen molar-refractivity contribution in [3.63, 3.8) is 0 Å². The van der Waals surface area contributed by atoms with Gasteiger partial charge in [-0.15, -0.1) is 0 Å². The molecule has 19 heavy (non-hydrogen) atoms. The minimum absolute atomic E-state index is 0.0276. The van der Waals surface area contributed by atoms with E-state index in [2.05, 4.69) is 11.1 Å². The highest BCUT2D eigenvalue weighted by Crippen LogP contribution is 2.31. The molecule has 0 aromatic carbocycles. The Morgan fingerprint density at radius 2 is 2.11 bits per heavy atom. The first-order valence-corrected chi connectivity index (χ1v) is 6.49. The van der Waals surface area contributed by atoms with Gasteiger partial charge in [-0.2, -0.15) is 0 Å². The fourth-order valence-corrected chi connectivity index (χ4v) is 2.33. The minimum Gasteiger partial charge on any atom is -0.466 e. The molecule has 2 rings (SSSR count). The average molecular weight is 261 g/mol. The second-order valence-corrected chi connectivity index (χ2v) is 4.66. The summed E-state index contributed by atoms with van der Waals surface area (Å²) < 4.78 is 5.04. The molecule has 102 valence electrons. The van der Waals surface area contributed by atoms with Crippen molar-refractivity contribution in [1.29, 1.82) is 0 Å². The number of esters is 1. The number of pyridine rings is 1. The lowest BCUT2D eigenvalue weighted by Gasteiger charge is -2.20. The van der Waals surface area contributed by atoms with Crippen molar-refractivity contribution in [2.24, 2.45) is 5.92 Å². The van der Waals surface area contributed by atoms with Crippen LogP contribution in [-0.4, -0.2) is 17.6 Å². The van der Waals surface area contributed by atoms with Crippen LogP contribution < -0.4 is 11.5 Å². The van der Waals surface area contributed by atoms with E-state index in [0.29, 0.717) is 24.7 Å². The van der Waals surface area contributed by atoms with Gasteiger partial charge in [-0.05, 0) is 49.5 Å². The molecule has 5 heteroatoms. The van der Waals surface area contributed by atoms with Gasteiger partial charge in [-0.3, -0.25) is 4.79 Å². The van der Waals surface area contributed by atoms with E-state index in [9.17, 15) is 4.79 Å². The van der Waals surface area contributed by atoms with Gasteiger partial charge < -0.3 is 16.2 Å². The van der Waals surface area contributed by atoms with Crippen LogP contribution in [0.5, 0.6) is 0 Å². The van der Waals surface area contributed by atoms with E-state index in [0.717, 1.165) is 18.4 Å². The Labute approximate surface area is 112 Å². The van der Waals surface area contributed by atoms with E-state index in [1.54, 1.807) is 0 Å². The van der Waals surface area contributed by atoms with E-state index in [1.165, 1.54) is 5.57 Å². The highest BCUT2D eigenvalue weighted by atomic mass is 16.5. The Kier molecular flexibility index (Phi) is 4.04. The predicted molar refractivity (Wildman–Crippen MR) is 75.0 cm³/mol. The van der Waals surface area contributed by atoms with Crippen LogP contribution in [0.15, 0.2) is 18.2 Å².